The molecule has 2 aromatic heterocycles. The third-order valence-corrected chi connectivity index (χ3v) is 5.34. The lowest BCUT2D eigenvalue weighted by Gasteiger charge is -2.17. The van der Waals surface area contributed by atoms with Crippen LogP contribution in [0.3, 0.4) is 0 Å². The molecule has 9 heteroatoms. The second kappa shape index (κ2) is 11.2. The Bertz CT molecular complexity index is 1060. The Morgan fingerprint density at radius 1 is 1.29 bits per heavy atom. The number of rotatable bonds is 11. The number of nitrogens with one attached hydrogen (secondary N) is 1. The van der Waals surface area contributed by atoms with Gasteiger partial charge in [0.1, 0.15) is 0 Å². The number of methoxy groups -OCH3 is 1. The number of hydrogen-bond acceptors (Lipinski definition) is 7. The molecule has 1 N–H and O–H groups in total. The Kier molecular flexibility index (Phi) is 8.12. The molecule has 1 aromatic carbocycles. The van der Waals surface area contributed by atoms with Gasteiger partial charge < -0.3 is 14.8 Å². The van der Waals surface area contributed by atoms with Crippen molar-refractivity contribution in [3.63, 3.8) is 0 Å². The van der Waals surface area contributed by atoms with Crippen LogP contribution in [0.25, 0.3) is 5.65 Å². The highest BCUT2D eigenvalue weighted by Gasteiger charge is 2.20. The number of fused-ring (bicyclic) bond motifs is 1. The number of pyridine rings is 1. The minimum Gasteiger partial charge on any atom is -0.493 e. The number of aromatic nitrogens is 3. The molecule has 0 aliphatic carbocycles. The van der Waals surface area contributed by atoms with E-state index in [2.05, 4.69) is 21.6 Å². The quantitative estimate of drug-likeness (QED) is 0.457. The van der Waals surface area contributed by atoms with E-state index >= 15 is 0 Å². The van der Waals surface area contributed by atoms with E-state index in [1.54, 1.807) is 30.0 Å². The number of benzene rings is 1. The Morgan fingerprint density at radius 2 is 2.16 bits per heavy atom. The fourth-order valence-corrected chi connectivity index (χ4v) is 3.61. The van der Waals surface area contributed by atoms with Gasteiger partial charge >= 0.3 is 0 Å². The molecular formula is C22H25N5O3S. The van der Waals surface area contributed by atoms with E-state index in [-0.39, 0.29) is 11.9 Å². The maximum absolute atomic E-state index is 12.6. The second-order valence-electron chi connectivity index (χ2n) is 6.82. The van der Waals surface area contributed by atoms with Gasteiger partial charge in [-0.1, -0.05) is 6.07 Å². The summed E-state index contributed by atoms with van der Waals surface area (Å²) in [4.78, 5) is 12.6. The van der Waals surface area contributed by atoms with Crippen molar-refractivity contribution in [2.45, 2.75) is 25.3 Å². The molecule has 8 nitrogen and oxygen atoms in total. The van der Waals surface area contributed by atoms with Crippen LogP contribution in [-0.2, 0) is 4.79 Å². The molecule has 0 spiro atoms. The van der Waals surface area contributed by atoms with Gasteiger partial charge in [0.15, 0.2) is 23.0 Å². The molecule has 3 rings (SSSR count). The highest BCUT2D eigenvalue weighted by atomic mass is 32.2. The average Bonchev–Trinajstić information content (AvgIpc) is 3.23. The summed E-state index contributed by atoms with van der Waals surface area (Å²) in [6.07, 6.45) is 5.58. The lowest BCUT2D eigenvalue weighted by molar-refractivity contribution is -0.122. The summed E-state index contributed by atoms with van der Waals surface area (Å²) in [5.74, 6) is 2.62. The van der Waals surface area contributed by atoms with Crippen molar-refractivity contribution in [2.24, 2.45) is 0 Å². The maximum atomic E-state index is 12.6. The minimum atomic E-state index is -0.211. The molecule has 1 unspecified atom stereocenters. The van der Waals surface area contributed by atoms with E-state index in [0.717, 1.165) is 23.6 Å². The zero-order valence-corrected chi connectivity index (χ0v) is 18.4. The standard InChI is InChI=1S/C22H25N5O3S/c1-29-19-14-16(15-23)8-9-18(19)30-12-5-7-21(28)24-17(10-13-31-2)22-26-25-20-6-3-4-11-27(20)22/h3-4,6,8-9,11,14,17H,5,7,10,12-13H2,1-2H3,(H,24,28). The summed E-state index contributed by atoms with van der Waals surface area (Å²) >= 11 is 1.72. The van der Waals surface area contributed by atoms with Crippen LogP contribution in [0.5, 0.6) is 11.5 Å². The first-order valence-electron chi connectivity index (χ1n) is 9.95. The normalized spacial score (nSPS) is 11.6. The van der Waals surface area contributed by atoms with Gasteiger partial charge in [0.25, 0.3) is 0 Å². The lowest BCUT2D eigenvalue weighted by Crippen LogP contribution is -2.30. The number of thioether (sulfide) groups is 1. The maximum Gasteiger partial charge on any atom is 0.220 e. The Labute approximate surface area is 185 Å². The minimum absolute atomic E-state index is 0.0609. The molecule has 0 fully saturated rings. The van der Waals surface area contributed by atoms with Gasteiger partial charge in [0, 0.05) is 18.7 Å². The first-order valence-corrected chi connectivity index (χ1v) is 11.3. The van der Waals surface area contributed by atoms with E-state index in [4.69, 9.17) is 14.7 Å². The number of nitrogens with zero attached hydrogens (tertiary/aromatic N) is 4. The van der Waals surface area contributed by atoms with Gasteiger partial charge in [-0.25, -0.2) is 0 Å². The van der Waals surface area contributed by atoms with Gasteiger partial charge in [-0.3, -0.25) is 9.20 Å². The second-order valence-corrected chi connectivity index (χ2v) is 7.80. The molecule has 0 saturated heterocycles. The van der Waals surface area contributed by atoms with Gasteiger partial charge in [0.2, 0.25) is 5.91 Å². The topological polar surface area (TPSA) is 102 Å². The summed E-state index contributed by atoms with van der Waals surface area (Å²) in [5.41, 5.74) is 1.26. The average molecular weight is 440 g/mol. The first-order chi connectivity index (χ1) is 15.2. The van der Waals surface area contributed by atoms with E-state index in [1.807, 2.05) is 35.1 Å². The van der Waals surface area contributed by atoms with Crippen molar-refractivity contribution in [2.75, 3.05) is 25.7 Å². The van der Waals surface area contributed by atoms with Crippen molar-refractivity contribution in [3.05, 3.63) is 54.0 Å². The van der Waals surface area contributed by atoms with Gasteiger partial charge in [-0.05, 0) is 49.1 Å². The summed E-state index contributed by atoms with van der Waals surface area (Å²) in [7, 11) is 1.53. The predicted molar refractivity (Wildman–Crippen MR) is 119 cm³/mol. The van der Waals surface area contributed by atoms with Gasteiger partial charge in [-0.2, -0.15) is 17.0 Å². The van der Waals surface area contributed by atoms with Crippen molar-refractivity contribution in [1.82, 2.24) is 19.9 Å². The Morgan fingerprint density at radius 3 is 2.94 bits per heavy atom. The first kappa shape index (κ1) is 22.4. The molecule has 0 radical (unpaired) electrons. The summed E-state index contributed by atoms with van der Waals surface area (Å²) in [6, 6.07) is 12.6. The SMILES string of the molecule is COc1cc(C#N)ccc1OCCCC(=O)NC(CCSC)c1nnc2ccccn12. The largest absolute Gasteiger partial charge is 0.493 e. The van der Waals surface area contributed by atoms with E-state index in [1.165, 1.54) is 7.11 Å². The molecule has 162 valence electrons. The summed E-state index contributed by atoms with van der Waals surface area (Å²) in [6.45, 7) is 0.360. The number of carbonyl (C=O) groups excluding carboxylic acids is 1. The van der Waals surface area contributed by atoms with Crippen LogP contribution in [0.4, 0.5) is 0 Å². The highest BCUT2D eigenvalue weighted by molar-refractivity contribution is 7.98. The Balaban J connectivity index is 1.55. The number of nitriles is 1. The molecule has 0 bridgehead atoms. The van der Waals surface area contributed by atoms with Crippen LogP contribution in [0, 0.1) is 11.3 Å². The van der Waals surface area contributed by atoms with Crippen molar-refractivity contribution >= 4 is 23.3 Å². The van der Waals surface area contributed by atoms with Crippen molar-refractivity contribution in [3.8, 4) is 17.6 Å². The van der Waals surface area contributed by atoms with Gasteiger partial charge in [-0.15, -0.1) is 10.2 Å². The fraction of sp³-hybridized carbons (Fsp3) is 0.364. The van der Waals surface area contributed by atoms with Crippen molar-refractivity contribution < 1.29 is 14.3 Å². The van der Waals surface area contributed by atoms with Crippen LogP contribution in [0.2, 0.25) is 0 Å². The van der Waals surface area contributed by atoms with E-state index in [0.29, 0.717) is 36.5 Å². The smallest absolute Gasteiger partial charge is 0.220 e. The summed E-state index contributed by atoms with van der Waals surface area (Å²) < 4.78 is 12.9. The van der Waals surface area contributed by atoms with Crippen LogP contribution >= 0.6 is 11.8 Å². The molecule has 1 amide bonds. The zero-order chi connectivity index (χ0) is 22.1. The van der Waals surface area contributed by atoms with Crippen LogP contribution in [0.1, 0.15) is 36.7 Å². The highest BCUT2D eigenvalue weighted by Crippen LogP contribution is 2.28. The number of amides is 1. The third-order valence-electron chi connectivity index (χ3n) is 4.70. The van der Waals surface area contributed by atoms with Crippen LogP contribution in [0.15, 0.2) is 42.6 Å². The lowest BCUT2D eigenvalue weighted by atomic mass is 10.2. The molecule has 31 heavy (non-hydrogen) atoms. The van der Waals surface area contributed by atoms with Gasteiger partial charge in [0.05, 0.1) is 31.4 Å². The van der Waals surface area contributed by atoms with E-state index < -0.39 is 0 Å². The van der Waals surface area contributed by atoms with Crippen LogP contribution in [-0.4, -0.2) is 46.2 Å². The van der Waals surface area contributed by atoms with Crippen LogP contribution < -0.4 is 14.8 Å². The molecule has 0 aliphatic heterocycles. The predicted octanol–water partition coefficient (Wildman–Crippen LogP) is 3.38. The Hall–Kier alpha value is -3.25. The molecule has 0 aliphatic rings. The molecule has 0 saturated carbocycles. The molecule has 1 atom stereocenters. The molecule has 3 aromatic rings. The monoisotopic (exact) mass is 439 g/mol. The number of hydrogen-bond donors (Lipinski definition) is 1. The summed E-state index contributed by atoms with van der Waals surface area (Å²) in [5, 5.41) is 20.6. The van der Waals surface area contributed by atoms with E-state index in [9.17, 15) is 4.79 Å². The number of carbonyl (C=O) groups is 1. The molecular weight excluding hydrogens is 414 g/mol. The molecule has 2 heterocycles. The number of ether oxygens (including phenoxy) is 2. The van der Waals surface area contributed by atoms with Crippen molar-refractivity contribution in [1.29, 1.82) is 5.26 Å². The fourth-order valence-electron chi connectivity index (χ4n) is 3.14. The zero-order valence-electron chi connectivity index (χ0n) is 17.6. The third kappa shape index (κ3) is 5.89.